The van der Waals surface area contributed by atoms with Crippen molar-refractivity contribution in [2.45, 2.75) is 31.1 Å². The smallest absolute Gasteiger partial charge is 0.287 e. The van der Waals surface area contributed by atoms with Gasteiger partial charge < -0.3 is 9.73 Å². The molecule has 20 heavy (non-hydrogen) atoms. The summed E-state index contributed by atoms with van der Waals surface area (Å²) in [5, 5.41) is 2.76. The van der Waals surface area contributed by atoms with Gasteiger partial charge in [-0.25, -0.2) is 8.42 Å². The van der Waals surface area contributed by atoms with E-state index in [4.69, 9.17) is 15.1 Å². The van der Waals surface area contributed by atoms with Gasteiger partial charge in [0.05, 0.1) is 0 Å². The Bertz CT molecular complexity index is 613. The number of nitrogens with one attached hydrogen (secondary N) is 1. The summed E-state index contributed by atoms with van der Waals surface area (Å²) in [4.78, 5) is 11.7. The number of hydrogen-bond donors (Lipinski definition) is 1. The summed E-state index contributed by atoms with van der Waals surface area (Å²) in [6, 6.07) is 1.12. The number of carbonyl (C=O) groups is 1. The van der Waals surface area contributed by atoms with Gasteiger partial charge in [0.1, 0.15) is 4.90 Å². The van der Waals surface area contributed by atoms with Crippen LogP contribution in [-0.4, -0.2) is 20.9 Å². The third kappa shape index (κ3) is 3.77. The molecule has 1 saturated carbocycles. The van der Waals surface area contributed by atoms with Crippen LogP contribution in [0.5, 0.6) is 0 Å². The van der Waals surface area contributed by atoms with Crippen LogP contribution in [0.1, 0.15) is 36.7 Å². The molecule has 112 valence electrons. The predicted octanol–water partition coefficient (Wildman–Crippen LogP) is 3.14. The van der Waals surface area contributed by atoms with E-state index in [1.807, 2.05) is 0 Å². The molecule has 1 amide bonds. The number of furan rings is 1. The van der Waals surface area contributed by atoms with Crippen LogP contribution in [-0.2, 0) is 9.05 Å². The number of rotatable bonds is 4. The molecule has 0 bridgehead atoms. The van der Waals surface area contributed by atoms with Crippen molar-refractivity contribution in [1.29, 1.82) is 0 Å². The lowest BCUT2D eigenvalue weighted by Crippen LogP contribution is -2.28. The Labute approximate surface area is 130 Å². The largest absolute Gasteiger partial charge is 0.443 e. The predicted molar refractivity (Wildman–Crippen MR) is 78.3 cm³/mol. The van der Waals surface area contributed by atoms with Crippen molar-refractivity contribution in [3.63, 3.8) is 0 Å². The molecule has 0 spiro atoms. The van der Waals surface area contributed by atoms with Crippen molar-refractivity contribution in [3.05, 3.63) is 16.5 Å². The second kappa shape index (κ2) is 6.07. The van der Waals surface area contributed by atoms with Crippen molar-refractivity contribution in [2.24, 2.45) is 11.8 Å². The Morgan fingerprint density at radius 3 is 2.75 bits per heavy atom. The Kier molecular flexibility index (Phi) is 4.81. The molecule has 2 rings (SSSR count). The second-order valence-electron chi connectivity index (χ2n) is 5.18. The lowest BCUT2D eigenvalue weighted by atomic mass is 10.1. The fourth-order valence-electron chi connectivity index (χ4n) is 2.46. The van der Waals surface area contributed by atoms with Crippen LogP contribution in [0, 0.1) is 11.8 Å². The molecule has 2 unspecified atom stereocenters. The molecule has 1 aromatic heterocycles. The minimum absolute atomic E-state index is 0.0628. The Hall–Kier alpha value is -0.530. The number of amides is 1. The van der Waals surface area contributed by atoms with Crippen LogP contribution in [0.15, 0.2) is 20.0 Å². The molecule has 0 aliphatic heterocycles. The average molecular weight is 385 g/mol. The summed E-state index contributed by atoms with van der Waals surface area (Å²) in [6.07, 6.45) is 3.38. The quantitative estimate of drug-likeness (QED) is 0.809. The molecule has 8 heteroatoms. The highest BCUT2D eigenvalue weighted by molar-refractivity contribution is 9.10. The molecule has 5 nitrogen and oxygen atoms in total. The maximum absolute atomic E-state index is 11.9. The van der Waals surface area contributed by atoms with Gasteiger partial charge in [0.2, 0.25) is 0 Å². The van der Waals surface area contributed by atoms with Gasteiger partial charge in [-0.15, -0.1) is 0 Å². The number of hydrogen-bond acceptors (Lipinski definition) is 4. The zero-order valence-corrected chi connectivity index (χ0v) is 14.0. The molecule has 2 atom stereocenters. The molecule has 1 fully saturated rings. The van der Waals surface area contributed by atoms with E-state index in [0.29, 0.717) is 18.4 Å². The lowest BCUT2D eigenvalue weighted by molar-refractivity contribution is 0.0918. The first-order valence-electron chi connectivity index (χ1n) is 6.29. The van der Waals surface area contributed by atoms with E-state index < -0.39 is 15.0 Å². The lowest BCUT2D eigenvalue weighted by Gasteiger charge is -2.09. The van der Waals surface area contributed by atoms with Crippen LogP contribution in [0.2, 0.25) is 0 Å². The van der Waals surface area contributed by atoms with Gasteiger partial charge in [-0.1, -0.05) is 13.3 Å². The molecular weight excluding hydrogens is 370 g/mol. The Morgan fingerprint density at radius 1 is 1.55 bits per heavy atom. The van der Waals surface area contributed by atoms with Crippen LogP contribution in [0.4, 0.5) is 0 Å². The molecule has 1 aliphatic rings. The van der Waals surface area contributed by atoms with Crippen LogP contribution in [0.3, 0.4) is 0 Å². The summed E-state index contributed by atoms with van der Waals surface area (Å²) in [5.41, 5.74) is 0. The third-order valence-electron chi connectivity index (χ3n) is 3.50. The fraction of sp³-hybridized carbons (Fsp3) is 0.583. The highest BCUT2D eigenvalue weighted by Crippen LogP contribution is 2.30. The average Bonchev–Trinajstić information content (AvgIpc) is 2.91. The monoisotopic (exact) mass is 383 g/mol. The van der Waals surface area contributed by atoms with Crippen LogP contribution in [0.25, 0.3) is 0 Å². The van der Waals surface area contributed by atoms with Gasteiger partial charge in [0.15, 0.2) is 10.4 Å². The van der Waals surface area contributed by atoms with Gasteiger partial charge in [-0.3, -0.25) is 4.79 Å². The molecule has 1 aliphatic carbocycles. The number of halogens is 2. The highest BCUT2D eigenvalue weighted by atomic mass is 79.9. The molecule has 0 aromatic carbocycles. The molecule has 1 heterocycles. The number of carbonyl (C=O) groups excluding carboxylic acids is 1. The maximum atomic E-state index is 11.9. The molecule has 0 radical (unpaired) electrons. The van der Waals surface area contributed by atoms with E-state index in [-0.39, 0.29) is 15.3 Å². The van der Waals surface area contributed by atoms with E-state index in [0.717, 1.165) is 18.9 Å². The normalized spacial score (nSPS) is 22.9. The van der Waals surface area contributed by atoms with E-state index in [2.05, 4.69) is 28.2 Å². The summed E-state index contributed by atoms with van der Waals surface area (Å²) >= 11 is 2.94. The fourth-order valence-corrected chi connectivity index (χ4v) is 4.50. The topological polar surface area (TPSA) is 76.4 Å². The SMILES string of the molecule is CC1CCC(CNC(=O)c2cc(S(=O)(=O)Cl)c(Br)o2)C1. The third-order valence-corrected chi connectivity index (χ3v) is 5.68. The first-order valence-corrected chi connectivity index (χ1v) is 9.39. The second-order valence-corrected chi connectivity index (χ2v) is 8.44. The van der Waals surface area contributed by atoms with E-state index in [9.17, 15) is 13.2 Å². The minimum atomic E-state index is -3.93. The maximum Gasteiger partial charge on any atom is 0.287 e. The van der Waals surface area contributed by atoms with E-state index >= 15 is 0 Å². The van der Waals surface area contributed by atoms with Crippen molar-refractivity contribution < 1.29 is 17.6 Å². The first-order chi connectivity index (χ1) is 9.27. The molecular formula is C12H15BrClNO4S. The van der Waals surface area contributed by atoms with Crippen molar-refractivity contribution in [2.75, 3.05) is 6.54 Å². The van der Waals surface area contributed by atoms with Gasteiger partial charge in [-0.2, -0.15) is 0 Å². The zero-order valence-electron chi connectivity index (χ0n) is 10.9. The van der Waals surface area contributed by atoms with E-state index in [1.54, 1.807) is 0 Å². The van der Waals surface area contributed by atoms with Crippen LogP contribution >= 0.6 is 26.6 Å². The van der Waals surface area contributed by atoms with Gasteiger partial charge in [0, 0.05) is 23.3 Å². The van der Waals surface area contributed by atoms with Crippen molar-refractivity contribution in [3.8, 4) is 0 Å². The minimum Gasteiger partial charge on any atom is -0.443 e. The van der Waals surface area contributed by atoms with Gasteiger partial charge >= 0.3 is 0 Å². The molecule has 1 aromatic rings. The first kappa shape index (κ1) is 15.9. The van der Waals surface area contributed by atoms with E-state index in [1.165, 1.54) is 6.42 Å². The molecule has 0 saturated heterocycles. The summed E-state index contributed by atoms with van der Waals surface area (Å²) < 4.78 is 27.5. The van der Waals surface area contributed by atoms with Crippen molar-refractivity contribution in [1.82, 2.24) is 5.32 Å². The highest BCUT2D eigenvalue weighted by Gasteiger charge is 2.25. The standard InChI is InChI=1S/C12H15BrClNO4S/c1-7-2-3-8(4-7)6-15-12(16)9-5-10(11(13)19-9)20(14,17)18/h5,7-8H,2-4,6H2,1H3,(H,15,16). The summed E-state index contributed by atoms with van der Waals surface area (Å²) in [6.45, 7) is 2.77. The van der Waals surface area contributed by atoms with Crippen LogP contribution < -0.4 is 5.32 Å². The Morgan fingerprint density at radius 2 is 2.25 bits per heavy atom. The van der Waals surface area contributed by atoms with Crippen molar-refractivity contribution >= 4 is 41.6 Å². The summed E-state index contributed by atoms with van der Waals surface area (Å²) in [5.74, 6) is 0.671. The zero-order chi connectivity index (χ0) is 14.9. The van der Waals surface area contributed by atoms with Gasteiger partial charge in [0.25, 0.3) is 15.0 Å². The Balaban J connectivity index is 2.00. The molecule has 1 N–H and O–H groups in total. The van der Waals surface area contributed by atoms with Gasteiger partial charge in [-0.05, 0) is 40.6 Å². The summed E-state index contributed by atoms with van der Waals surface area (Å²) in [7, 11) is 1.30.